The van der Waals surface area contributed by atoms with Gasteiger partial charge in [-0.2, -0.15) is 0 Å². The molecule has 0 fully saturated rings. The van der Waals surface area contributed by atoms with E-state index in [0.29, 0.717) is 6.54 Å². The lowest BCUT2D eigenvalue weighted by Crippen LogP contribution is -2.28. The molecule has 0 aliphatic rings. The second-order valence-corrected chi connectivity index (χ2v) is 4.83. The summed E-state index contributed by atoms with van der Waals surface area (Å²) >= 11 is 3.27. The Hall–Kier alpha value is -1.43. The first kappa shape index (κ1) is 12.6. The number of carbonyl (C=O) groups excluding carboxylic acids is 1. The van der Waals surface area contributed by atoms with Gasteiger partial charge in [0.1, 0.15) is 5.56 Å². The molecule has 1 amide bonds. The Morgan fingerprint density at radius 2 is 2.19 bits per heavy atom. The minimum Gasteiger partial charge on any atom is -0.351 e. The number of hydrogen-bond acceptors (Lipinski definition) is 3. The Balaban J connectivity index is 2.86. The van der Waals surface area contributed by atoms with Gasteiger partial charge in [-0.25, -0.2) is 0 Å². The van der Waals surface area contributed by atoms with E-state index in [1.807, 2.05) is 6.92 Å². The van der Waals surface area contributed by atoms with E-state index in [0.717, 1.165) is 0 Å². The number of halogens is 1. The highest BCUT2D eigenvalue weighted by Crippen LogP contribution is 2.17. The van der Waals surface area contributed by atoms with Crippen LogP contribution in [0.4, 0.5) is 5.69 Å². The normalized spacial score (nSPS) is 11.9. The van der Waals surface area contributed by atoms with E-state index in [9.17, 15) is 14.9 Å². The van der Waals surface area contributed by atoms with Gasteiger partial charge in [-0.3, -0.25) is 14.9 Å². The van der Waals surface area contributed by atoms with Gasteiger partial charge in [-0.1, -0.05) is 35.0 Å². The minimum absolute atomic E-state index is 0.0839. The predicted molar refractivity (Wildman–Crippen MR) is 63.8 cm³/mol. The molecule has 0 aromatic heterocycles. The monoisotopic (exact) mass is 286 g/mol. The van der Waals surface area contributed by atoms with Gasteiger partial charge in [0.05, 0.1) is 4.92 Å². The van der Waals surface area contributed by atoms with Crippen LogP contribution in [0.5, 0.6) is 0 Å². The molecule has 0 spiro atoms. The molecular formula is C10H11BrN2O3. The van der Waals surface area contributed by atoms with E-state index in [4.69, 9.17) is 0 Å². The molecule has 16 heavy (non-hydrogen) atoms. The Bertz CT molecular complexity index is 407. The highest BCUT2D eigenvalue weighted by atomic mass is 79.9. The largest absolute Gasteiger partial charge is 0.351 e. The summed E-state index contributed by atoms with van der Waals surface area (Å²) in [5.41, 5.74) is -0.0946. The maximum Gasteiger partial charge on any atom is 0.282 e. The summed E-state index contributed by atoms with van der Waals surface area (Å²) in [6.07, 6.45) is 0. The first-order valence-corrected chi connectivity index (χ1v) is 5.59. The van der Waals surface area contributed by atoms with Crippen LogP contribution in [0, 0.1) is 10.1 Å². The zero-order chi connectivity index (χ0) is 12.1. The Morgan fingerprint density at radius 3 is 2.75 bits per heavy atom. The second kappa shape index (κ2) is 5.60. The van der Waals surface area contributed by atoms with Crippen LogP contribution in [-0.2, 0) is 0 Å². The molecule has 0 saturated carbocycles. The van der Waals surface area contributed by atoms with E-state index in [1.54, 1.807) is 6.07 Å². The van der Waals surface area contributed by atoms with E-state index in [1.165, 1.54) is 18.2 Å². The van der Waals surface area contributed by atoms with Crippen molar-refractivity contribution in [1.82, 2.24) is 5.32 Å². The molecule has 1 aromatic rings. The van der Waals surface area contributed by atoms with E-state index in [-0.39, 0.29) is 16.1 Å². The third-order valence-electron chi connectivity index (χ3n) is 1.89. The maximum atomic E-state index is 11.6. The Kier molecular flexibility index (Phi) is 4.42. The SMILES string of the molecule is CC(Br)CNC(=O)c1ccccc1[N+](=O)[O-]. The van der Waals surface area contributed by atoms with E-state index >= 15 is 0 Å². The number of nitro benzene ring substituents is 1. The van der Waals surface area contributed by atoms with Gasteiger partial charge in [-0.05, 0) is 6.07 Å². The van der Waals surface area contributed by atoms with Crippen molar-refractivity contribution in [3.05, 3.63) is 39.9 Å². The number of carbonyl (C=O) groups is 1. The molecule has 0 aliphatic heterocycles. The van der Waals surface area contributed by atoms with Crippen molar-refractivity contribution >= 4 is 27.5 Å². The van der Waals surface area contributed by atoms with Gasteiger partial charge >= 0.3 is 0 Å². The van der Waals surface area contributed by atoms with Crippen molar-refractivity contribution in [2.45, 2.75) is 11.8 Å². The number of nitrogens with zero attached hydrogens (tertiary/aromatic N) is 1. The van der Waals surface area contributed by atoms with Crippen molar-refractivity contribution in [3.8, 4) is 0 Å². The summed E-state index contributed by atoms with van der Waals surface area (Å²) in [7, 11) is 0. The third kappa shape index (κ3) is 3.30. The zero-order valence-corrected chi connectivity index (χ0v) is 10.2. The molecule has 0 bridgehead atoms. The van der Waals surface area contributed by atoms with Crippen LogP contribution in [-0.4, -0.2) is 22.2 Å². The highest BCUT2D eigenvalue weighted by molar-refractivity contribution is 9.09. The Labute approximate surface area is 101 Å². The van der Waals surface area contributed by atoms with E-state index < -0.39 is 10.8 Å². The fraction of sp³-hybridized carbons (Fsp3) is 0.300. The van der Waals surface area contributed by atoms with Gasteiger partial charge in [0.15, 0.2) is 0 Å². The molecule has 0 saturated heterocycles. The van der Waals surface area contributed by atoms with Crippen molar-refractivity contribution in [3.63, 3.8) is 0 Å². The molecule has 6 heteroatoms. The molecule has 1 unspecified atom stereocenters. The summed E-state index contributed by atoms with van der Waals surface area (Å²) in [5.74, 6) is -0.432. The average Bonchev–Trinajstić information content (AvgIpc) is 2.25. The number of nitro groups is 1. The Morgan fingerprint density at radius 1 is 1.56 bits per heavy atom. The standard InChI is InChI=1S/C10H11BrN2O3/c1-7(11)6-12-10(14)8-4-2-3-5-9(8)13(15)16/h2-5,7H,6H2,1H3,(H,12,14). The average molecular weight is 287 g/mol. The lowest BCUT2D eigenvalue weighted by atomic mass is 10.1. The summed E-state index contributed by atoms with van der Waals surface area (Å²) in [4.78, 5) is 21.9. The molecule has 86 valence electrons. The molecule has 5 nitrogen and oxygen atoms in total. The van der Waals surface area contributed by atoms with Crippen molar-refractivity contribution < 1.29 is 9.72 Å². The molecule has 1 N–H and O–H groups in total. The number of benzene rings is 1. The van der Waals surface area contributed by atoms with Gasteiger partial charge in [0.2, 0.25) is 0 Å². The van der Waals surface area contributed by atoms with Crippen molar-refractivity contribution in [2.24, 2.45) is 0 Å². The highest BCUT2D eigenvalue weighted by Gasteiger charge is 2.18. The van der Waals surface area contributed by atoms with Crippen molar-refractivity contribution in [2.75, 3.05) is 6.54 Å². The molecule has 0 heterocycles. The quantitative estimate of drug-likeness (QED) is 0.523. The first-order valence-electron chi connectivity index (χ1n) is 4.68. The fourth-order valence-corrected chi connectivity index (χ4v) is 1.32. The van der Waals surface area contributed by atoms with Crippen LogP contribution in [0.15, 0.2) is 24.3 Å². The van der Waals surface area contributed by atoms with Crippen LogP contribution >= 0.6 is 15.9 Å². The number of para-hydroxylation sites is 1. The molecule has 1 aromatic carbocycles. The lowest BCUT2D eigenvalue weighted by Gasteiger charge is -2.06. The van der Waals surface area contributed by atoms with Crippen LogP contribution in [0.1, 0.15) is 17.3 Å². The smallest absolute Gasteiger partial charge is 0.282 e. The maximum absolute atomic E-state index is 11.6. The topological polar surface area (TPSA) is 72.2 Å². The summed E-state index contributed by atoms with van der Waals surface area (Å²) in [6.45, 7) is 2.30. The van der Waals surface area contributed by atoms with Crippen molar-refractivity contribution in [1.29, 1.82) is 0 Å². The number of amides is 1. The molecule has 1 atom stereocenters. The number of nitrogens with one attached hydrogen (secondary N) is 1. The minimum atomic E-state index is -0.563. The zero-order valence-electron chi connectivity index (χ0n) is 8.64. The number of rotatable bonds is 4. The van der Waals surface area contributed by atoms with Crippen LogP contribution in [0.2, 0.25) is 0 Å². The van der Waals surface area contributed by atoms with Gasteiger partial charge in [0.25, 0.3) is 11.6 Å². The molecule has 0 aliphatic carbocycles. The fourth-order valence-electron chi connectivity index (χ4n) is 1.15. The molecular weight excluding hydrogens is 276 g/mol. The summed E-state index contributed by atoms with van der Waals surface area (Å²) in [5, 5.41) is 13.3. The van der Waals surface area contributed by atoms with Crippen LogP contribution in [0.25, 0.3) is 0 Å². The second-order valence-electron chi connectivity index (χ2n) is 3.27. The van der Waals surface area contributed by atoms with Gasteiger partial charge in [-0.15, -0.1) is 0 Å². The molecule has 0 radical (unpaired) electrons. The van der Waals surface area contributed by atoms with E-state index in [2.05, 4.69) is 21.2 Å². The number of hydrogen-bond donors (Lipinski definition) is 1. The number of alkyl halides is 1. The van der Waals surface area contributed by atoms with Crippen LogP contribution < -0.4 is 5.32 Å². The van der Waals surface area contributed by atoms with Gasteiger partial charge in [0, 0.05) is 17.4 Å². The molecule has 1 rings (SSSR count). The summed E-state index contributed by atoms with van der Waals surface area (Å²) in [6, 6.07) is 5.88. The van der Waals surface area contributed by atoms with Crippen LogP contribution in [0.3, 0.4) is 0 Å². The first-order chi connectivity index (χ1) is 7.52. The van der Waals surface area contributed by atoms with Gasteiger partial charge < -0.3 is 5.32 Å². The third-order valence-corrected chi connectivity index (χ3v) is 2.21. The summed E-state index contributed by atoms with van der Waals surface area (Å²) < 4.78 is 0. The predicted octanol–water partition coefficient (Wildman–Crippen LogP) is 2.11. The lowest BCUT2D eigenvalue weighted by molar-refractivity contribution is -0.385.